The van der Waals surface area contributed by atoms with Gasteiger partial charge in [-0.05, 0) is 36.5 Å². The van der Waals surface area contributed by atoms with Crippen LogP contribution in [-0.4, -0.2) is 0 Å². The molecule has 16 heavy (non-hydrogen) atoms. The summed E-state index contributed by atoms with van der Waals surface area (Å²) in [4.78, 5) is 0. The molecule has 0 aromatic heterocycles. The molecule has 0 saturated heterocycles. The highest BCUT2D eigenvalue weighted by Crippen LogP contribution is 2.32. The van der Waals surface area contributed by atoms with E-state index in [9.17, 15) is 0 Å². The van der Waals surface area contributed by atoms with Crippen LogP contribution in [0.25, 0.3) is 0 Å². The molecule has 0 radical (unpaired) electrons. The van der Waals surface area contributed by atoms with E-state index < -0.39 is 0 Å². The van der Waals surface area contributed by atoms with Crippen LogP contribution < -0.4 is 0 Å². The van der Waals surface area contributed by atoms with E-state index in [1.54, 1.807) is 0 Å². The maximum Gasteiger partial charge on any atom is -0.0354 e. The molecule has 0 heterocycles. The lowest BCUT2D eigenvalue weighted by molar-refractivity contribution is 0.240. The highest BCUT2D eigenvalue weighted by atomic mass is 14.3. The molecular formula is C16H34. The summed E-state index contributed by atoms with van der Waals surface area (Å²) in [6.07, 6.45) is 9.69. The summed E-state index contributed by atoms with van der Waals surface area (Å²) in [7, 11) is 0. The second kappa shape index (κ2) is 8.14. The van der Waals surface area contributed by atoms with Gasteiger partial charge in [-0.3, -0.25) is 0 Å². The summed E-state index contributed by atoms with van der Waals surface area (Å²) in [5.41, 5.74) is 0.566. The third kappa shape index (κ3) is 7.30. The molecule has 0 N–H and O–H groups in total. The van der Waals surface area contributed by atoms with Crippen LogP contribution in [0.5, 0.6) is 0 Å². The zero-order valence-electron chi connectivity index (χ0n) is 12.6. The van der Waals surface area contributed by atoms with Crippen molar-refractivity contribution in [2.75, 3.05) is 0 Å². The zero-order valence-corrected chi connectivity index (χ0v) is 12.6. The Morgan fingerprint density at radius 2 is 1.38 bits per heavy atom. The van der Waals surface area contributed by atoms with Crippen LogP contribution in [0.2, 0.25) is 0 Å². The third-order valence-electron chi connectivity index (χ3n) is 4.20. The molecule has 0 heteroatoms. The molecule has 0 rings (SSSR count). The highest BCUT2D eigenvalue weighted by Gasteiger charge is 2.20. The smallest absolute Gasteiger partial charge is 0.0354 e. The predicted octanol–water partition coefficient (Wildman–Crippen LogP) is 6.06. The minimum atomic E-state index is 0.566. The van der Waals surface area contributed by atoms with Gasteiger partial charge in [-0.15, -0.1) is 0 Å². The van der Waals surface area contributed by atoms with E-state index in [2.05, 4.69) is 41.5 Å². The number of hydrogen-bond acceptors (Lipinski definition) is 0. The summed E-state index contributed by atoms with van der Waals surface area (Å²) in [6, 6.07) is 0. The summed E-state index contributed by atoms with van der Waals surface area (Å²) >= 11 is 0. The van der Waals surface area contributed by atoms with Gasteiger partial charge in [0, 0.05) is 0 Å². The van der Waals surface area contributed by atoms with Crippen molar-refractivity contribution in [3.05, 3.63) is 0 Å². The minimum Gasteiger partial charge on any atom is -0.0654 e. The molecule has 0 fully saturated rings. The van der Waals surface area contributed by atoms with Crippen LogP contribution in [0.4, 0.5) is 0 Å². The topological polar surface area (TPSA) is 0 Å². The van der Waals surface area contributed by atoms with Gasteiger partial charge < -0.3 is 0 Å². The molecule has 0 aliphatic carbocycles. The SMILES string of the molecule is CCCCC(C)(C)CCC(C)C(C)CCC. The van der Waals surface area contributed by atoms with Gasteiger partial charge in [0.25, 0.3) is 0 Å². The average Bonchev–Trinajstić information content (AvgIpc) is 2.23. The van der Waals surface area contributed by atoms with Crippen molar-refractivity contribution in [1.82, 2.24) is 0 Å². The van der Waals surface area contributed by atoms with E-state index in [0.29, 0.717) is 5.41 Å². The number of hydrogen-bond donors (Lipinski definition) is 0. The maximum absolute atomic E-state index is 2.44. The van der Waals surface area contributed by atoms with Crippen LogP contribution in [-0.2, 0) is 0 Å². The largest absolute Gasteiger partial charge is 0.0654 e. The Hall–Kier alpha value is 0. The third-order valence-corrected chi connectivity index (χ3v) is 4.20. The molecular weight excluding hydrogens is 192 g/mol. The fraction of sp³-hybridized carbons (Fsp3) is 1.00. The van der Waals surface area contributed by atoms with Gasteiger partial charge in [0.15, 0.2) is 0 Å². The molecule has 0 aromatic carbocycles. The first-order valence-corrected chi connectivity index (χ1v) is 7.43. The lowest BCUT2D eigenvalue weighted by Gasteiger charge is -2.28. The van der Waals surface area contributed by atoms with Crippen molar-refractivity contribution in [1.29, 1.82) is 0 Å². The van der Waals surface area contributed by atoms with Gasteiger partial charge in [-0.2, -0.15) is 0 Å². The van der Waals surface area contributed by atoms with Crippen molar-refractivity contribution in [3.63, 3.8) is 0 Å². The van der Waals surface area contributed by atoms with Crippen molar-refractivity contribution in [2.24, 2.45) is 17.3 Å². The van der Waals surface area contributed by atoms with E-state index in [1.165, 1.54) is 44.9 Å². The molecule has 0 bridgehead atoms. The zero-order chi connectivity index (χ0) is 12.6. The molecule has 0 nitrogen and oxygen atoms in total. The Morgan fingerprint density at radius 1 is 0.812 bits per heavy atom. The van der Waals surface area contributed by atoms with Crippen LogP contribution in [0, 0.1) is 17.3 Å². The van der Waals surface area contributed by atoms with Gasteiger partial charge in [-0.25, -0.2) is 0 Å². The molecule has 0 amide bonds. The molecule has 2 atom stereocenters. The second-order valence-electron chi connectivity index (χ2n) is 6.55. The fourth-order valence-electron chi connectivity index (χ4n) is 2.42. The van der Waals surface area contributed by atoms with Crippen LogP contribution in [0.15, 0.2) is 0 Å². The minimum absolute atomic E-state index is 0.566. The van der Waals surface area contributed by atoms with Gasteiger partial charge in [0.2, 0.25) is 0 Å². The van der Waals surface area contributed by atoms with Crippen molar-refractivity contribution in [3.8, 4) is 0 Å². The number of rotatable bonds is 9. The van der Waals surface area contributed by atoms with E-state index >= 15 is 0 Å². The molecule has 0 aromatic rings. The summed E-state index contributed by atoms with van der Waals surface area (Å²) in [6.45, 7) is 14.3. The Balaban J connectivity index is 3.84. The first kappa shape index (κ1) is 16.0. The molecule has 0 aliphatic heterocycles. The van der Waals surface area contributed by atoms with Gasteiger partial charge in [-0.1, -0.05) is 67.2 Å². The number of unbranched alkanes of at least 4 members (excludes halogenated alkanes) is 1. The van der Waals surface area contributed by atoms with Crippen molar-refractivity contribution < 1.29 is 0 Å². The average molecular weight is 226 g/mol. The molecule has 0 aliphatic rings. The Morgan fingerprint density at radius 3 is 1.88 bits per heavy atom. The monoisotopic (exact) mass is 226 g/mol. The Labute approximate surface area is 104 Å². The van der Waals surface area contributed by atoms with Gasteiger partial charge in [0.1, 0.15) is 0 Å². The fourth-order valence-corrected chi connectivity index (χ4v) is 2.42. The first-order valence-electron chi connectivity index (χ1n) is 7.43. The van der Waals surface area contributed by atoms with Gasteiger partial charge >= 0.3 is 0 Å². The summed E-state index contributed by atoms with van der Waals surface area (Å²) < 4.78 is 0. The normalized spacial score (nSPS) is 16.1. The van der Waals surface area contributed by atoms with E-state index in [4.69, 9.17) is 0 Å². The summed E-state index contributed by atoms with van der Waals surface area (Å²) in [5, 5.41) is 0. The standard InChI is InChI=1S/C16H34/c1-7-9-12-16(5,6)13-11-15(4)14(3)10-8-2/h14-15H,7-13H2,1-6H3. The molecule has 98 valence electrons. The van der Waals surface area contributed by atoms with Crippen molar-refractivity contribution in [2.45, 2.75) is 86.5 Å². The predicted molar refractivity (Wildman–Crippen MR) is 75.8 cm³/mol. The summed E-state index contributed by atoms with van der Waals surface area (Å²) in [5.74, 6) is 1.81. The molecule has 2 unspecified atom stereocenters. The highest BCUT2D eigenvalue weighted by molar-refractivity contribution is 4.71. The van der Waals surface area contributed by atoms with Gasteiger partial charge in [0.05, 0.1) is 0 Å². The quantitative estimate of drug-likeness (QED) is 0.448. The van der Waals surface area contributed by atoms with Crippen LogP contribution >= 0.6 is 0 Å². The second-order valence-corrected chi connectivity index (χ2v) is 6.55. The Kier molecular flexibility index (Phi) is 8.14. The van der Waals surface area contributed by atoms with E-state index in [1.807, 2.05) is 0 Å². The first-order chi connectivity index (χ1) is 7.43. The molecule has 0 spiro atoms. The molecule has 0 saturated carbocycles. The van der Waals surface area contributed by atoms with E-state index in [-0.39, 0.29) is 0 Å². The lowest BCUT2D eigenvalue weighted by Crippen LogP contribution is -2.15. The van der Waals surface area contributed by atoms with Crippen LogP contribution in [0.1, 0.15) is 86.5 Å². The van der Waals surface area contributed by atoms with Crippen molar-refractivity contribution >= 4 is 0 Å². The Bertz CT molecular complexity index is 157. The lowest BCUT2D eigenvalue weighted by atomic mass is 9.78. The van der Waals surface area contributed by atoms with Crippen LogP contribution in [0.3, 0.4) is 0 Å². The maximum atomic E-state index is 2.44. The van der Waals surface area contributed by atoms with E-state index in [0.717, 1.165) is 11.8 Å².